The van der Waals surface area contributed by atoms with E-state index in [1.807, 2.05) is 0 Å². The van der Waals surface area contributed by atoms with Crippen molar-refractivity contribution >= 4 is 54.3 Å². The topological polar surface area (TPSA) is 13.1 Å². The Balaban J connectivity index is 1.28. The molecule has 0 saturated carbocycles. The van der Waals surface area contributed by atoms with Gasteiger partial charge < -0.3 is 4.42 Å². The summed E-state index contributed by atoms with van der Waals surface area (Å²) >= 11 is 0. The van der Waals surface area contributed by atoms with Gasteiger partial charge in [0, 0.05) is 10.8 Å². The molecule has 8 aromatic carbocycles. The molecule has 0 aliphatic heterocycles. The fourth-order valence-corrected chi connectivity index (χ4v) is 6.68. The molecular formula is C40H24O. The Hall–Kier alpha value is -5.40. The summed E-state index contributed by atoms with van der Waals surface area (Å²) in [6.45, 7) is 0. The minimum absolute atomic E-state index is 0.916. The number of hydrogen-bond donors (Lipinski definition) is 0. The highest BCUT2D eigenvalue weighted by atomic mass is 16.3. The number of fused-ring (bicyclic) bond motifs is 3. The zero-order valence-electron chi connectivity index (χ0n) is 22.3. The average Bonchev–Trinajstić information content (AvgIpc) is 3.41. The first kappa shape index (κ1) is 22.4. The van der Waals surface area contributed by atoms with Crippen LogP contribution in [-0.2, 0) is 0 Å². The molecule has 1 aromatic heterocycles. The van der Waals surface area contributed by atoms with Crippen LogP contribution in [0.2, 0.25) is 0 Å². The lowest BCUT2D eigenvalue weighted by atomic mass is 9.87. The maximum absolute atomic E-state index is 6.27. The van der Waals surface area contributed by atoms with Gasteiger partial charge in [0.05, 0.1) is 0 Å². The van der Waals surface area contributed by atoms with Crippen LogP contribution in [0.5, 0.6) is 0 Å². The minimum atomic E-state index is 0.916. The molecule has 9 rings (SSSR count). The van der Waals surface area contributed by atoms with Gasteiger partial charge in [0.25, 0.3) is 0 Å². The van der Waals surface area contributed by atoms with Crippen molar-refractivity contribution in [2.45, 2.75) is 0 Å². The lowest BCUT2D eigenvalue weighted by molar-refractivity contribution is 0.669. The second-order valence-corrected chi connectivity index (χ2v) is 10.9. The van der Waals surface area contributed by atoms with E-state index in [2.05, 4.69) is 146 Å². The van der Waals surface area contributed by atoms with Crippen molar-refractivity contribution in [1.82, 2.24) is 0 Å². The highest BCUT2D eigenvalue weighted by Crippen LogP contribution is 2.43. The van der Waals surface area contributed by atoms with Crippen LogP contribution in [0.1, 0.15) is 0 Å². The smallest absolute Gasteiger partial charge is 0.135 e. The van der Waals surface area contributed by atoms with E-state index < -0.39 is 0 Å². The van der Waals surface area contributed by atoms with Crippen molar-refractivity contribution in [3.63, 3.8) is 0 Å². The molecule has 0 aliphatic carbocycles. The maximum Gasteiger partial charge on any atom is 0.135 e. The highest BCUT2D eigenvalue weighted by molar-refractivity contribution is 6.27. The van der Waals surface area contributed by atoms with Crippen LogP contribution in [0.3, 0.4) is 0 Å². The number of benzene rings is 8. The molecule has 0 unspecified atom stereocenters. The Morgan fingerprint density at radius 1 is 0.317 bits per heavy atom. The second kappa shape index (κ2) is 8.55. The van der Waals surface area contributed by atoms with Crippen LogP contribution in [0.15, 0.2) is 150 Å². The van der Waals surface area contributed by atoms with E-state index >= 15 is 0 Å². The second-order valence-electron chi connectivity index (χ2n) is 10.9. The molecule has 0 amide bonds. The summed E-state index contributed by atoms with van der Waals surface area (Å²) in [7, 11) is 0. The number of rotatable bonds is 3. The third-order valence-corrected chi connectivity index (χ3v) is 8.64. The third kappa shape index (κ3) is 3.36. The predicted octanol–water partition coefficient (Wildman–Crippen LogP) is 11.5. The third-order valence-electron chi connectivity index (χ3n) is 8.64. The van der Waals surface area contributed by atoms with Gasteiger partial charge >= 0.3 is 0 Å². The molecule has 1 heteroatoms. The molecular weight excluding hydrogens is 496 g/mol. The van der Waals surface area contributed by atoms with E-state index in [1.165, 1.54) is 65.7 Å². The molecule has 0 spiro atoms. The summed E-state index contributed by atoms with van der Waals surface area (Å²) in [6, 6.07) is 52.6. The van der Waals surface area contributed by atoms with Crippen molar-refractivity contribution in [1.29, 1.82) is 0 Å². The lowest BCUT2D eigenvalue weighted by Gasteiger charge is -2.16. The van der Waals surface area contributed by atoms with Crippen molar-refractivity contribution < 1.29 is 4.42 Å². The molecule has 0 N–H and O–H groups in total. The van der Waals surface area contributed by atoms with Crippen LogP contribution in [-0.4, -0.2) is 0 Å². The SMILES string of the molecule is c1ccc(-c2ccc3oc4ccc(-c5ccc6ccc7c(-c8ccccc8)ccc8ccc5c6c87)cc4c3c2)cc1. The fraction of sp³-hybridized carbons (Fsp3) is 0. The summed E-state index contributed by atoms with van der Waals surface area (Å²) in [5, 5.41) is 10.1. The molecule has 190 valence electrons. The molecule has 0 fully saturated rings. The summed E-state index contributed by atoms with van der Waals surface area (Å²) in [5.74, 6) is 0. The van der Waals surface area contributed by atoms with Gasteiger partial charge in [0.15, 0.2) is 0 Å². The Morgan fingerprint density at radius 2 is 0.805 bits per heavy atom. The van der Waals surface area contributed by atoms with Gasteiger partial charge in [-0.15, -0.1) is 0 Å². The monoisotopic (exact) mass is 520 g/mol. The van der Waals surface area contributed by atoms with Crippen molar-refractivity contribution in [2.24, 2.45) is 0 Å². The van der Waals surface area contributed by atoms with Crippen LogP contribution in [0.25, 0.3) is 87.6 Å². The molecule has 0 atom stereocenters. The molecule has 0 aliphatic rings. The summed E-state index contributed by atoms with van der Waals surface area (Å²) in [4.78, 5) is 0. The van der Waals surface area contributed by atoms with Crippen molar-refractivity contribution in [2.75, 3.05) is 0 Å². The van der Waals surface area contributed by atoms with Gasteiger partial charge in [-0.2, -0.15) is 0 Å². The average molecular weight is 521 g/mol. The number of furan rings is 1. The van der Waals surface area contributed by atoms with Crippen LogP contribution in [0, 0.1) is 0 Å². The maximum atomic E-state index is 6.27. The first-order valence-corrected chi connectivity index (χ1v) is 14.1. The van der Waals surface area contributed by atoms with E-state index in [-0.39, 0.29) is 0 Å². The van der Waals surface area contributed by atoms with Gasteiger partial charge in [0.1, 0.15) is 11.2 Å². The van der Waals surface area contributed by atoms with Crippen molar-refractivity contribution in [3.05, 3.63) is 146 Å². The molecule has 0 radical (unpaired) electrons. The summed E-state index contributed by atoms with van der Waals surface area (Å²) < 4.78 is 6.27. The predicted molar refractivity (Wildman–Crippen MR) is 174 cm³/mol. The van der Waals surface area contributed by atoms with Gasteiger partial charge in [-0.25, -0.2) is 0 Å². The zero-order chi connectivity index (χ0) is 26.9. The Kier molecular flexibility index (Phi) is 4.67. The molecule has 0 saturated heterocycles. The minimum Gasteiger partial charge on any atom is -0.456 e. The Labute approximate surface area is 237 Å². The van der Waals surface area contributed by atoms with Gasteiger partial charge in [-0.1, -0.05) is 121 Å². The van der Waals surface area contributed by atoms with Crippen LogP contribution >= 0.6 is 0 Å². The summed E-state index contributed by atoms with van der Waals surface area (Å²) in [6.07, 6.45) is 0. The van der Waals surface area contributed by atoms with E-state index in [0.29, 0.717) is 0 Å². The lowest BCUT2D eigenvalue weighted by Crippen LogP contribution is -1.89. The first-order chi connectivity index (χ1) is 20.3. The number of hydrogen-bond acceptors (Lipinski definition) is 1. The summed E-state index contributed by atoms with van der Waals surface area (Å²) in [5.41, 5.74) is 9.21. The quantitative estimate of drug-likeness (QED) is 0.211. The molecule has 1 heterocycles. The van der Waals surface area contributed by atoms with Crippen molar-refractivity contribution in [3.8, 4) is 33.4 Å². The van der Waals surface area contributed by atoms with E-state index in [9.17, 15) is 0 Å². The van der Waals surface area contributed by atoms with Crippen LogP contribution in [0.4, 0.5) is 0 Å². The first-order valence-electron chi connectivity index (χ1n) is 14.1. The van der Waals surface area contributed by atoms with E-state index in [4.69, 9.17) is 4.42 Å². The van der Waals surface area contributed by atoms with Gasteiger partial charge in [-0.05, 0) is 90.0 Å². The van der Waals surface area contributed by atoms with Gasteiger partial charge in [0.2, 0.25) is 0 Å². The van der Waals surface area contributed by atoms with Crippen LogP contribution < -0.4 is 0 Å². The van der Waals surface area contributed by atoms with E-state index in [1.54, 1.807) is 0 Å². The van der Waals surface area contributed by atoms with E-state index in [0.717, 1.165) is 21.9 Å². The van der Waals surface area contributed by atoms with Gasteiger partial charge in [-0.3, -0.25) is 0 Å². The fourth-order valence-electron chi connectivity index (χ4n) is 6.68. The molecule has 1 nitrogen and oxygen atoms in total. The molecule has 41 heavy (non-hydrogen) atoms. The molecule has 9 aromatic rings. The molecule has 0 bridgehead atoms. The standard InChI is InChI=1S/C40H24O/c1-3-7-25(8-4-1)29-15-21-37-35(23-29)36-24-30(16-22-38(36)41-37)32-18-12-28-13-19-33-31(26-9-5-2-6-10-26)17-11-27-14-20-34(32)40(28)39(27)33/h1-24H. The zero-order valence-corrected chi connectivity index (χ0v) is 22.3. The Bertz CT molecular complexity index is 2400. The highest BCUT2D eigenvalue weighted by Gasteiger charge is 2.16. The Morgan fingerprint density at radius 3 is 1.41 bits per heavy atom. The largest absolute Gasteiger partial charge is 0.456 e. The normalized spacial score (nSPS) is 11.9.